The Morgan fingerprint density at radius 1 is 1.35 bits per heavy atom. The number of aromatic nitrogens is 4. The number of nitrogens with zero attached hydrogens (tertiary/aromatic N) is 5. The van der Waals surface area contributed by atoms with Crippen molar-refractivity contribution in [1.29, 1.82) is 0 Å². The molecule has 3 aromatic heterocycles. The Bertz CT molecular complexity index is 1100. The maximum Gasteiger partial charge on any atom is 0.271 e. The Morgan fingerprint density at radius 2 is 2.15 bits per heavy atom. The Kier molecular flexibility index (Phi) is 4.21. The van der Waals surface area contributed by atoms with Crippen LogP contribution >= 0.6 is 22.9 Å². The molecule has 0 saturated heterocycles. The fourth-order valence-electron chi connectivity index (χ4n) is 2.62. The highest BCUT2D eigenvalue weighted by Crippen LogP contribution is 2.29. The topological polar surface area (TPSA) is 76.5 Å². The first-order valence-corrected chi connectivity index (χ1v) is 9.05. The van der Waals surface area contributed by atoms with Crippen LogP contribution in [0.5, 0.6) is 0 Å². The fourth-order valence-corrected chi connectivity index (χ4v) is 3.70. The lowest BCUT2D eigenvalue weighted by molar-refractivity contribution is 0.0774. The van der Waals surface area contributed by atoms with E-state index in [0.29, 0.717) is 22.4 Å². The molecule has 0 atom stereocenters. The summed E-state index contributed by atoms with van der Waals surface area (Å²) in [5.41, 5.74) is 2.09. The summed E-state index contributed by atoms with van der Waals surface area (Å²) in [6.45, 7) is 1.97. The zero-order valence-corrected chi connectivity index (χ0v) is 15.6. The second-order valence-corrected chi connectivity index (χ2v) is 7.01. The van der Waals surface area contributed by atoms with Gasteiger partial charge in [-0.2, -0.15) is 4.98 Å². The van der Waals surface area contributed by atoms with E-state index in [1.807, 2.05) is 30.5 Å². The molecule has 1 amide bonds. The number of imidazole rings is 1. The predicted octanol–water partition coefficient (Wildman–Crippen LogP) is 3.68. The van der Waals surface area contributed by atoms with Crippen molar-refractivity contribution in [3.05, 3.63) is 58.3 Å². The summed E-state index contributed by atoms with van der Waals surface area (Å²) >= 11 is 7.66. The molecule has 0 spiro atoms. The Morgan fingerprint density at radius 3 is 2.88 bits per heavy atom. The molecule has 9 heteroatoms. The summed E-state index contributed by atoms with van der Waals surface area (Å²) < 4.78 is 6.73. The van der Waals surface area contributed by atoms with Gasteiger partial charge in [-0.15, -0.1) is 11.3 Å². The van der Waals surface area contributed by atoms with Gasteiger partial charge in [-0.05, 0) is 6.07 Å². The van der Waals surface area contributed by atoms with E-state index in [2.05, 4.69) is 15.1 Å². The molecule has 4 rings (SSSR count). The van der Waals surface area contributed by atoms with Crippen LogP contribution in [-0.2, 0) is 6.54 Å². The van der Waals surface area contributed by atoms with Crippen molar-refractivity contribution in [2.75, 3.05) is 7.05 Å². The van der Waals surface area contributed by atoms with Crippen LogP contribution in [0.15, 0.2) is 40.4 Å². The van der Waals surface area contributed by atoms with Crippen molar-refractivity contribution in [3.63, 3.8) is 0 Å². The monoisotopic (exact) mass is 387 g/mol. The average molecular weight is 388 g/mol. The molecule has 0 aliphatic rings. The minimum absolute atomic E-state index is 0.151. The van der Waals surface area contributed by atoms with Gasteiger partial charge in [-0.25, -0.2) is 4.98 Å². The fraction of sp³-hybridized carbons (Fsp3) is 0.176. The molecule has 0 radical (unpaired) electrons. The molecule has 7 nitrogen and oxygen atoms in total. The Labute approximate surface area is 157 Å². The SMILES string of the molecule is Cc1nc(CN(C)C(=O)c2csc3nc(-c4ccccc4Cl)cn23)no1. The number of fused-ring (bicyclic) bond motifs is 1. The van der Waals surface area contributed by atoms with Crippen molar-refractivity contribution in [2.24, 2.45) is 0 Å². The molecular weight excluding hydrogens is 374 g/mol. The summed E-state index contributed by atoms with van der Waals surface area (Å²) in [6.07, 6.45) is 1.83. The average Bonchev–Trinajstić information content (AvgIpc) is 3.30. The number of hydrogen-bond donors (Lipinski definition) is 0. The number of benzene rings is 1. The van der Waals surface area contributed by atoms with Gasteiger partial charge in [-0.1, -0.05) is 35.0 Å². The third-order valence-electron chi connectivity index (χ3n) is 3.87. The number of carbonyl (C=O) groups excluding carboxylic acids is 1. The molecule has 0 fully saturated rings. The van der Waals surface area contributed by atoms with E-state index in [9.17, 15) is 4.79 Å². The second-order valence-electron chi connectivity index (χ2n) is 5.77. The first-order valence-electron chi connectivity index (χ1n) is 7.79. The van der Waals surface area contributed by atoms with Gasteiger partial charge in [0.2, 0.25) is 5.89 Å². The zero-order valence-electron chi connectivity index (χ0n) is 14.0. The quantitative estimate of drug-likeness (QED) is 0.533. The maximum atomic E-state index is 12.8. The molecule has 0 N–H and O–H groups in total. The van der Waals surface area contributed by atoms with Gasteiger partial charge in [0.05, 0.1) is 17.3 Å². The molecule has 0 saturated carbocycles. The van der Waals surface area contributed by atoms with E-state index < -0.39 is 0 Å². The molecule has 0 aliphatic heterocycles. The van der Waals surface area contributed by atoms with Crippen molar-refractivity contribution >= 4 is 33.8 Å². The Balaban J connectivity index is 1.64. The van der Waals surface area contributed by atoms with Gasteiger partial charge in [0.15, 0.2) is 10.8 Å². The largest absolute Gasteiger partial charge is 0.340 e. The summed E-state index contributed by atoms with van der Waals surface area (Å²) in [7, 11) is 1.70. The highest BCUT2D eigenvalue weighted by Gasteiger charge is 2.20. The van der Waals surface area contributed by atoms with Gasteiger partial charge in [0.25, 0.3) is 5.91 Å². The van der Waals surface area contributed by atoms with Gasteiger partial charge in [-0.3, -0.25) is 9.20 Å². The van der Waals surface area contributed by atoms with Crippen molar-refractivity contribution in [3.8, 4) is 11.3 Å². The van der Waals surface area contributed by atoms with Crippen LogP contribution in [0.3, 0.4) is 0 Å². The Hall–Kier alpha value is -2.71. The summed E-state index contributed by atoms with van der Waals surface area (Å²) in [6, 6.07) is 7.49. The number of hydrogen-bond acceptors (Lipinski definition) is 6. The summed E-state index contributed by atoms with van der Waals surface area (Å²) in [5.74, 6) is 0.784. The van der Waals surface area contributed by atoms with E-state index in [1.54, 1.807) is 28.7 Å². The van der Waals surface area contributed by atoms with Crippen LogP contribution in [0.25, 0.3) is 16.2 Å². The normalized spacial score (nSPS) is 11.2. The zero-order chi connectivity index (χ0) is 18.3. The number of aryl methyl sites for hydroxylation is 1. The van der Waals surface area contributed by atoms with Crippen LogP contribution in [-0.4, -0.2) is 37.4 Å². The second kappa shape index (κ2) is 6.54. The van der Waals surface area contributed by atoms with Gasteiger partial charge in [0.1, 0.15) is 5.69 Å². The highest BCUT2D eigenvalue weighted by molar-refractivity contribution is 7.15. The van der Waals surface area contributed by atoms with E-state index in [4.69, 9.17) is 16.1 Å². The van der Waals surface area contributed by atoms with Crippen molar-refractivity contribution in [2.45, 2.75) is 13.5 Å². The maximum absolute atomic E-state index is 12.8. The molecule has 4 aromatic rings. The number of rotatable bonds is 4. The van der Waals surface area contributed by atoms with Gasteiger partial charge >= 0.3 is 0 Å². The molecule has 0 unspecified atom stereocenters. The van der Waals surface area contributed by atoms with Crippen LogP contribution in [0.1, 0.15) is 22.2 Å². The van der Waals surface area contributed by atoms with Crippen molar-refractivity contribution < 1.29 is 9.32 Å². The molecule has 1 aromatic carbocycles. The first kappa shape index (κ1) is 16.7. The smallest absolute Gasteiger partial charge is 0.271 e. The van der Waals surface area contributed by atoms with Gasteiger partial charge < -0.3 is 9.42 Å². The van der Waals surface area contributed by atoms with E-state index in [1.165, 1.54) is 11.3 Å². The molecule has 0 aliphatic carbocycles. The number of thiazole rings is 1. The highest BCUT2D eigenvalue weighted by atomic mass is 35.5. The lowest BCUT2D eigenvalue weighted by Gasteiger charge is -2.14. The molecule has 3 heterocycles. The minimum atomic E-state index is -0.151. The van der Waals surface area contributed by atoms with Crippen molar-refractivity contribution in [1.82, 2.24) is 24.4 Å². The van der Waals surface area contributed by atoms with E-state index in [-0.39, 0.29) is 12.5 Å². The summed E-state index contributed by atoms with van der Waals surface area (Å²) in [5, 5.41) is 6.24. The van der Waals surface area contributed by atoms with Crippen LogP contribution in [0.2, 0.25) is 5.02 Å². The lowest BCUT2D eigenvalue weighted by atomic mass is 10.2. The van der Waals surface area contributed by atoms with E-state index >= 15 is 0 Å². The molecule has 132 valence electrons. The van der Waals surface area contributed by atoms with Crippen LogP contribution in [0.4, 0.5) is 0 Å². The van der Waals surface area contributed by atoms with Gasteiger partial charge in [0, 0.05) is 31.1 Å². The number of amides is 1. The van der Waals surface area contributed by atoms with E-state index in [0.717, 1.165) is 16.2 Å². The standard InChI is InChI=1S/C17H14ClN5O2S/c1-10-19-15(21-25-10)8-22(2)16(24)14-9-26-17-20-13(7-23(14)17)11-5-3-4-6-12(11)18/h3-7,9H,8H2,1-2H3. The van der Waals surface area contributed by atoms with Crippen LogP contribution in [0, 0.1) is 6.92 Å². The number of halogens is 1. The summed E-state index contributed by atoms with van der Waals surface area (Å²) in [4.78, 5) is 23.8. The number of carbonyl (C=O) groups is 1. The predicted molar refractivity (Wildman–Crippen MR) is 98.3 cm³/mol. The molecule has 26 heavy (non-hydrogen) atoms. The third-order valence-corrected chi connectivity index (χ3v) is 5.04. The van der Waals surface area contributed by atoms with Crippen LogP contribution < -0.4 is 0 Å². The first-order chi connectivity index (χ1) is 12.5. The lowest BCUT2D eigenvalue weighted by Crippen LogP contribution is -2.27. The molecule has 0 bridgehead atoms. The molecular formula is C17H14ClN5O2S. The minimum Gasteiger partial charge on any atom is -0.340 e. The third kappa shape index (κ3) is 2.97.